The van der Waals surface area contributed by atoms with Crippen molar-refractivity contribution in [2.45, 2.75) is 6.92 Å². The van der Waals surface area contributed by atoms with E-state index in [0.717, 1.165) is 5.56 Å². The van der Waals surface area contributed by atoms with Gasteiger partial charge in [-0.3, -0.25) is 0 Å². The Kier molecular flexibility index (Phi) is 3.06. The van der Waals surface area contributed by atoms with Crippen molar-refractivity contribution in [1.29, 1.82) is 0 Å². The van der Waals surface area contributed by atoms with Gasteiger partial charge in [-0.25, -0.2) is 9.37 Å². The lowest BCUT2D eigenvalue weighted by Crippen LogP contribution is -1.94. The fourth-order valence-corrected chi connectivity index (χ4v) is 1.67. The molecule has 2 aromatic rings. The highest BCUT2D eigenvalue weighted by atomic mass is 35.5. The molecule has 0 amide bonds. The van der Waals surface area contributed by atoms with Crippen LogP contribution in [0.1, 0.15) is 5.56 Å². The predicted octanol–water partition coefficient (Wildman–Crippen LogP) is 3.93. The van der Waals surface area contributed by atoms with E-state index in [0.29, 0.717) is 16.7 Å². The maximum absolute atomic E-state index is 12.9. The number of nitrogens with one attached hydrogen (secondary N) is 1. The summed E-state index contributed by atoms with van der Waals surface area (Å²) in [6.45, 7) is 1.92. The van der Waals surface area contributed by atoms with Gasteiger partial charge in [0.05, 0.1) is 0 Å². The summed E-state index contributed by atoms with van der Waals surface area (Å²) in [4.78, 5) is 4.09. The monoisotopic (exact) mass is 236 g/mol. The Morgan fingerprint density at radius 2 is 2.06 bits per heavy atom. The molecule has 0 atom stereocenters. The molecule has 82 valence electrons. The van der Waals surface area contributed by atoms with Crippen LogP contribution in [0, 0.1) is 12.7 Å². The zero-order chi connectivity index (χ0) is 11.5. The molecule has 2 nitrogen and oxygen atoms in total. The Labute approximate surface area is 98.1 Å². The summed E-state index contributed by atoms with van der Waals surface area (Å²) in [5.41, 5.74) is 1.65. The van der Waals surface area contributed by atoms with Crippen molar-refractivity contribution in [2.24, 2.45) is 0 Å². The van der Waals surface area contributed by atoms with E-state index in [1.54, 1.807) is 18.2 Å². The van der Waals surface area contributed by atoms with E-state index in [9.17, 15) is 4.39 Å². The summed E-state index contributed by atoms with van der Waals surface area (Å²) in [6.07, 6.45) is 0. The molecule has 0 spiro atoms. The first-order valence-electron chi connectivity index (χ1n) is 4.80. The van der Waals surface area contributed by atoms with Crippen LogP contribution in [-0.2, 0) is 0 Å². The van der Waals surface area contributed by atoms with Crippen molar-refractivity contribution in [3.63, 3.8) is 0 Å². The van der Waals surface area contributed by atoms with Crippen LogP contribution in [0.4, 0.5) is 15.9 Å². The quantitative estimate of drug-likeness (QED) is 0.800. The fourth-order valence-electron chi connectivity index (χ4n) is 1.40. The number of hydrogen-bond donors (Lipinski definition) is 1. The molecule has 4 heteroatoms. The van der Waals surface area contributed by atoms with E-state index < -0.39 is 0 Å². The summed E-state index contributed by atoms with van der Waals surface area (Å²) in [5.74, 6) is 0.319. The molecule has 2 rings (SSSR count). The molecule has 1 aromatic heterocycles. The maximum atomic E-state index is 12.9. The second kappa shape index (κ2) is 4.49. The minimum atomic E-state index is -0.288. The van der Waals surface area contributed by atoms with Gasteiger partial charge in [0.25, 0.3) is 0 Å². The average molecular weight is 237 g/mol. The zero-order valence-electron chi connectivity index (χ0n) is 8.67. The standard InChI is InChI=1S/C12H10ClFN2/c1-8-5-11(13)16-12(6-8)15-10-4-2-3-9(14)7-10/h2-7H,1H3,(H,15,16). The Morgan fingerprint density at radius 1 is 1.25 bits per heavy atom. The maximum Gasteiger partial charge on any atom is 0.132 e. The lowest BCUT2D eigenvalue weighted by molar-refractivity contribution is 0.628. The number of halogens is 2. The molecule has 0 aliphatic rings. The first-order chi connectivity index (χ1) is 7.63. The van der Waals surface area contributed by atoms with E-state index >= 15 is 0 Å². The number of pyridine rings is 1. The Morgan fingerprint density at radius 3 is 2.75 bits per heavy atom. The summed E-state index contributed by atoms with van der Waals surface area (Å²) in [5, 5.41) is 3.41. The van der Waals surface area contributed by atoms with Crippen molar-refractivity contribution in [2.75, 3.05) is 5.32 Å². The third kappa shape index (κ3) is 2.70. The third-order valence-electron chi connectivity index (χ3n) is 2.04. The summed E-state index contributed by atoms with van der Waals surface area (Å²) in [7, 11) is 0. The van der Waals surface area contributed by atoms with Crippen molar-refractivity contribution < 1.29 is 4.39 Å². The number of benzene rings is 1. The smallest absolute Gasteiger partial charge is 0.132 e. The Balaban J connectivity index is 2.27. The number of aryl methyl sites for hydroxylation is 1. The molecule has 0 aliphatic carbocycles. The lowest BCUT2D eigenvalue weighted by Gasteiger charge is -2.06. The topological polar surface area (TPSA) is 24.9 Å². The van der Waals surface area contributed by atoms with Crippen LogP contribution in [0.15, 0.2) is 36.4 Å². The van der Waals surface area contributed by atoms with E-state index in [4.69, 9.17) is 11.6 Å². The highest BCUT2D eigenvalue weighted by molar-refractivity contribution is 6.29. The molecule has 0 unspecified atom stereocenters. The van der Waals surface area contributed by atoms with Gasteiger partial charge in [0.2, 0.25) is 0 Å². The van der Waals surface area contributed by atoms with Gasteiger partial charge >= 0.3 is 0 Å². The van der Waals surface area contributed by atoms with Crippen LogP contribution in [0.3, 0.4) is 0 Å². The summed E-state index contributed by atoms with van der Waals surface area (Å²) >= 11 is 5.82. The largest absolute Gasteiger partial charge is 0.340 e. The molecule has 0 radical (unpaired) electrons. The normalized spacial score (nSPS) is 10.2. The third-order valence-corrected chi connectivity index (χ3v) is 2.23. The van der Waals surface area contributed by atoms with Crippen LogP contribution in [0.5, 0.6) is 0 Å². The first kappa shape index (κ1) is 10.9. The van der Waals surface area contributed by atoms with Crippen molar-refractivity contribution in [1.82, 2.24) is 4.98 Å². The minimum absolute atomic E-state index is 0.288. The molecule has 16 heavy (non-hydrogen) atoms. The van der Waals surface area contributed by atoms with Crippen LogP contribution in [-0.4, -0.2) is 4.98 Å². The fraction of sp³-hybridized carbons (Fsp3) is 0.0833. The van der Waals surface area contributed by atoms with Gasteiger partial charge in [0.15, 0.2) is 0 Å². The highest BCUT2D eigenvalue weighted by Crippen LogP contribution is 2.19. The molecule has 0 saturated heterocycles. The average Bonchev–Trinajstić information content (AvgIpc) is 2.15. The predicted molar refractivity (Wildman–Crippen MR) is 63.7 cm³/mol. The van der Waals surface area contributed by atoms with Gasteiger partial charge in [-0.2, -0.15) is 0 Å². The van der Waals surface area contributed by atoms with Crippen molar-refractivity contribution in [3.8, 4) is 0 Å². The zero-order valence-corrected chi connectivity index (χ0v) is 9.42. The molecular weight excluding hydrogens is 227 g/mol. The van der Waals surface area contributed by atoms with E-state index in [2.05, 4.69) is 10.3 Å². The van der Waals surface area contributed by atoms with E-state index in [1.807, 2.05) is 13.0 Å². The second-order valence-electron chi connectivity index (χ2n) is 3.49. The number of rotatable bonds is 2. The van der Waals surface area contributed by atoms with E-state index in [-0.39, 0.29) is 5.82 Å². The van der Waals surface area contributed by atoms with Gasteiger partial charge in [-0.1, -0.05) is 17.7 Å². The van der Waals surface area contributed by atoms with Crippen LogP contribution in [0.2, 0.25) is 5.15 Å². The van der Waals surface area contributed by atoms with Gasteiger partial charge in [-0.15, -0.1) is 0 Å². The molecule has 0 saturated carbocycles. The van der Waals surface area contributed by atoms with Gasteiger partial charge in [-0.05, 0) is 42.8 Å². The number of anilines is 2. The minimum Gasteiger partial charge on any atom is -0.340 e. The summed E-state index contributed by atoms with van der Waals surface area (Å²) in [6, 6.07) is 9.80. The van der Waals surface area contributed by atoms with Crippen molar-refractivity contribution >= 4 is 23.1 Å². The molecule has 1 heterocycles. The highest BCUT2D eigenvalue weighted by Gasteiger charge is 2.00. The van der Waals surface area contributed by atoms with Crippen LogP contribution in [0.25, 0.3) is 0 Å². The number of aromatic nitrogens is 1. The molecule has 1 N–H and O–H groups in total. The Bertz CT molecular complexity index is 494. The molecule has 1 aromatic carbocycles. The molecule has 0 aliphatic heterocycles. The molecule has 0 bridgehead atoms. The van der Waals surface area contributed by atoms with Crippen LogP contribution >= 0.6 is 11.6 Å². The van der Waals surface area contributed by atoms with Crippen LogP contribution < -0.4 is 5.32 Å². The SMILES string of the molecule is Cc1cc(Cl)nc(Nc2cccc(F)c2)c1. The van der Waals surface area contributed by atoms with Gasteiger partial charge in [0.1, 0.15) is 16.8 Å². The molecule has 0 fully saturated rings. The van der Waals surface area contributed by atoms with Gasteiger partial charge in [0, 0.05) is 5.69 Å². The first-order valence-corrected chi connectivity index (χ1v) is 5.18. The Hall–Kier alpha value is -1.61. The number of nitrogens with zero attached hydrogens (tertiary/aromatic N) is 1. The lowest BCUT2D eigenvalue weighted by atomic mass is 10.3. The van der Waals surface area contributed by atoms with Crippen molar-refractivity contribution in [3.05, 3.63) is 52.9 Å². The second-order valence-corrected chi connectivity index (χ2v) is 3.88. The van der Waals surface area contributed by atoms with Gasteiger partial charge < -0.3 is 5.32 Å². The number of hydrogen-bond acceptors (Lipinski definition) is 2. The summed E-state index contributed by atoms with van der Waals surface area (Å²) < 4.78 is 12.9. The van der Waals surface area contributed by atoms with E-state index in [1.165, 1.54) is 12.1 Å². The molecular formula is C12H10ClFN2.